The highest BCUT2D eigenvalue weighted by atomic mass is 32.2. The van der Waals surface area contributed by atoms with Crippen molar-refractivity contribution in [2.45, 2.75) is 30.8 Å². The monoisotopic (exact) mass is 448 g/mol. The summed E-state index contributed by atoms with van der Waals surface area (Å²) in [6.07, 6.45) is 2.29. The average molecular weight is 449 g/mol. The van der Waals surface area contributed by atoms with E-state index in [2.05, 4.69) is 5.32 Å². The SMILES string of the molecule is CNC(=O)C1c2cc(C3CC3)c(N(CCO)S(C)(=O)=O)cc2OC1c1ccc(F)cc1. The summed E-state index contributed by atoms with van der Waals surface area (Å²) >= 11 is 0. The van der Waals surface area contributed by atoms with Crippen LogP contribution in [0.3, 0.4) is 0 Å². The van der Waals surface area contributed by atoms with Crippen LogP contribution < -0.4 is 14.4 Å². The number of sulfonamides is 1. The Kier molecular flexibility index (Phi) is 5.65. The number of carbonyl (C=O) groups excluding carboxylic acids is 1. The van der Waals surface area contributed by atoms with Crippen LogP contribution in [0.2, 0.25) is 0 Å². The molecule has 4 rings (SSSR count). The zero-order chi connectivity index (χ0) is 22.3. The van der Waals surface area contributed by atoms with Crippen molar-refractivity contribution in [2.75, 3.05) is 30.8 Å². The topological polar surface area (TPSA) is 95.9 Å². The number of rotatable bonds is 7. The maximum atomic E-state index is 13.4. The van der Waals surface area contributed by atoms with Crippen molar-refractivity contribution < 1.29 is 27.4 Å². The van der Waals surface area contributed by atoms with E-state index in [0.717, 1.165) is 24.7 Å². The van der Waals surface area contributed by atoms with Crippen molar-refractivity contribution in [1.82, 2.24) is 5.32 Å². The Balaban J connectivity index is 1.85. The molecule has 0 spiro atoms. The molecule has 0 aromatic heterocycles. The van der Waals surface area contributed by atoms with Crippen LogP contribution in [0.5, 0.6) is 5.75 Å². The lowest BCUT2D eigenvalue weighted by Crippen LogP contribution is -2.33. The summed E-state index contributed by atoms with van der Waals surface area (Å²) in [5, 5.41) is 12.1. The summed E-state index contributed by atoms with van der Waals surface area (Å²) in [7, 11) is -2.09. The number of carbonyl (C=O) groups is 1. The number of ether oxygens (including phenoxy) is 1. The smallest absolute Gasteiger partial charge is 0.232 e. The normalized spacial score (nSPS) is 20.1. The predicted octanol–water partition coefficient (Wildman–Crippen LogP) is 2.42. The molecule has 31 heavy (non-hydrogen) atoms. The minimum Gasteiger partial charge on any atom is -0.484 e. The van der Waals surface area contributed by atoms with Gasteiger partial charge in [-0.25, -0.2) is 12.8 Å². The Morgan fingerprint density at radius 2 is 1.90 bits per heavy atom. The zero-order valence-electron chi connectivity index (χ0n) is 17.3. The Morgan fingerprint density at radius 1 is 1.23 bits per heavy atom. The molecule has 1 amide bonds. The predicted molar refractivity (Wildman–Crippen MR) is 114 cm³/mol. The minimum absolute atomic E-state index is 0.0718. The van der Waals surface area contributed by atoms with Crippen molar-refractivity contribution in [2.24, 2.45) is 0 Å². The van der Waals surface area contributed by atoms with Gasteiger partial charge in [0.2, 0.25) is 15.9 Å². The molecule has 1 aliphatic heterocycles. The molecule has 166 valence electrons. The van der Waals surface area contributed by atoms with Gasteiger partial charge in [0.15, 0.2) is 0 Å². The number of nitrogens with one attached hydrogen (secondary N) is 1. The van der Waals surface area contributed by atoms with Crippen molar-refractivity contribution in [1.29, 1.82) is 0 Å². The molecule has 1 heterocycles. The van der Waals surface area contributed by atoms with Crippen LogP contribution in [0.1, 0.15) is 47.5 Å². The number of anilines is 1. The zero-order valence-corrected chi connectivity index (χ0v) is 18.2. The van der Waals surface area contributed by atoms with Gasteiger partial charge < -0.3 is 15.2 Å². The molecule has 1 aliphatic carbocycles. The van der Waals surface area contributed by atoms with E-state index in [1.165, 1.54) is 16.4 Å². The number of aliphatic hydroxyl groups excluding tert-OH is 1. The van der Waals surface area contributed by atoms with E-state index in [0.29, 0.717) is 22.6 Å². The van der Waals surface area contributed by atoms with Gasteiger partial charge in [-0.15, -0.1) is 0 Å². The van der Waals surface area contributed by atoms with E-state index in [1.54, 1.807) is 25.2 Å². The third-order valence-corrected chi connectivity index (χ3v) is 6.95. The summed E-state index contributed by atoms with van der Waals surface area (Å²) < 4.78 is 45.6. The fraction of sp³-hybridized carbons (Fsp3) is 0.409. The highest BCUT2D eigenvalue weighted by molar-refractivity contribution is 7.92. The van der Waals surface area contributed by atoms with Crippen LogP contribution in [0.25, 0.3) is 0 Å². The van der Waals surface area contributed by atoms with Crippen molar-refractivity contribution in [3.8, 4) is 5.75 Å². The van der Waals surface area contributed by atoms with Gasteiger partial charge in [0.1, 0.15) is 23.6 Å². The Bertz CT molecular complexity index is 1100. The largest absolute Gasteiger partial charge is 0.484 e. The fourth-order valence-corrected chi connectivity index (χ4v) is 5.09. The molecule has 9 heteroatoms. The first-order chi connectivity index (χ1) is 14.7. The van der Waals surface area contributed by atoms with Gasteiger partial charge in [-0.3, -0.25) is 9.10 Å². The molecule has 2 unspecified atom stereocenters. The standard InChI is InChI=1S/C22H25FN2O5S/c1-24-22(27)20-17-11-16(13-3-4-13)18(25(9-10-26)31(2,28)29)12-19(17)30-21(20)14-5-7-15(23)8-6-14/h5-8,11-13,20-21,26H,3-4,9-10H2,1-2H3,(H,24,27). The maximum absolute atomic E-state index is 13.4. The van der Waals surface area contributed by atoms with Crippen molar-refractivity contribution >= 4 is 21.6 Å². The number of nitrogens with zero attached hydrogens (tertiary/aromatic N) is 1. The summed E-state index contributed by atoms with van der Waals surface area (Å²) in [4.78, 5) is 12.8. The Morgan fingerprint density at radius 3 is 2.45 bits per heavy atom. The average Bonchev–Trinajstić information content (AvgIpc) is 3.51. The number of amides is 1. The number of hydrogen-bond donors (Lipinski definition) is 2. The third kappa shape index (κ3) is 4.12. The number of fused-ring (bicyclic) bond motifs is 1. The molecule has 0 saturated heterocycles. The number of likely N-dealkylation sites (N-methyl/N-ethyl adjacent to an activating group) is 1. The summed E-state index contributed by atoms with van der Waals surface area (Å²) in [5.74, 6) is -0.673. The molecular formula is C22H25FN2O5S. The van der Waals surface area contributed by atoms with Gasteiger partial charge in [0.25, 0.3) is 0 Å². The lowest BCUT2D eigenvalue weighted by atomic mass is 9.88. The molecule has 2 aromatic rings. The summed E-state index contributed by atoms with van der Waals surface area (Å²) in [6.45, 7) is -0.397. The van der Waals surface area contributed by atoms with Gasteiger partial charge in [-0.05, 0) is 48.1 Å². The highest BCUT2D eigenvalue weighted by Crippen LogP contribution is 2.53. The molecule has 1 fully saturated rings. The molecular weight excluding hydrogens is 423 g/mol. The first kappa shape index (κ1) is 21.6. The van der Waals surface area contributed by atoms with E-state index < -0.39 is 22.0 Å². The van der Waals surface area contributed by atoms with E-state index in [9.17, 15) is 22.7 Å². The van der Waals surface area contributed by atoms with Gasteiger partial charge in [-0.2, -0.15) is 0 Å². The molecule has 0 bridgehead atoms. The minimum atomic E-state index is -3.63. The highest BCUT2D eigenvalue weighted by Gasteiger charge is 2.42. The quantitative estimate of drug-likeness (QED) is 0.678. The molecule has 7 nitrogen and oxygen atoms in total. The summed E-state index contributed by atoms with van der Waals surface area (Å²) in [6, 6.07) is 9.31. The third-order valence-electron chi connectivity index (χ3n) is 5.77. The van der Waals surface area contributed by atoms with Crippen LogP contribution >= 0.6 is 0 Å². The molecule has 2 atom stereocenters. The van der Waals surface area contributed by atoms with Gasteiger partial charge in [0.05, 0.1) is 25.1 Å². The Hall–Kier alpha value is -2.65. The lowest BCUT2D eigenvalue weighted by molar-refractivity contribution is -0.123. The van der Waals surface area contributed by atoms with Crippen molar-refractivity contribution in [3.05, 3.63) is 58.9 Å². The van der Waals surface area contributed by atoms with E-state index in [1.807, 2.05) is 6.07 Å². The van der Waals surface area contributed by atoms with Gasteiger partial charge in [-0.1, -0.05) is 12.1 Å². The first-order valence-electron chi connectivity index (χ1n) is 10.1. The molecule has 2 aromatic carbocycles. The second-order valence-corrected chi connectivity index (χ2v) is 9.87. The second-order valence-electron chi connectivity index (χ2n) is 7.96. The Labute approximate surface area is 180 Å². The van der Waals surface area contributed by atoms with Crippen LogP contribution in [-0.4, -0.2) is 45.9 Å². The summed E-state index contributed by atoms with van der Waals surface area (Å²) in [5.41, 5.74) is 2.62. The molecule has 2 aliphatic rings. The fourth-order valence-electron chi connectivity index (χ4n) is 4.16. The van der Waals surface area contributed by atoms with E-state index in [4.69, 9.17) is 4.74 Å². The first-order valence-corrected chi connectivity index (χ1v) is 12.0. The number of benzene rings is 2. The number of halogens is 1. The lowest BCUT2D eigenvalue weighted by Gasteiger charge is -2.25. The van der Waals surface area contributed by atoms with Crippen LogP contribution in [-0.2, 0) is 14.8 Å². The van der Waals surface area contributed by atoms with Crippen LogP contribution in [0.4, 0.5) is 10.1 Å². The van der Waals surface area contributed by atoms with Crippen LogP contribution in [0, 0.1) is 5.82 Å². The number of aliphatic hydroxyl groups is 1. The van der Waals surface area contributed by atoms with Crippen LogP contribution in [0.15, 0.2) is 36.4 Å². The maximum Gasteiger partial charge on any atom is 0.232 e. The van der Waals surface area contributed by atoms with Gasteiger partial charge >= 0.3 is 0 Å². The molecule has 1 saturated carbocycles. The van der Waals surface area contributed by atoms with E-state index >= 15 is 0 Å². The molecule has 2 N–H and O–H groups in total. The molecule has 0 radical (unpaired) electrons. The second kappa shape index (κ2) is 8.12. The van der Waals surface area contributed by atoms with Gasteiger partial charge in [0, 0.05) is 18.7 Å². The van der Waals surface area contributed by atoms with E-state index in [-0.39, 0.29) is 30.8 Å². The van der Waals surface area contributed by atoms with Crippen molar-refractivity contribution in [3.63, 3.8) is 0 Å². The number of hydrogen-bond acceptors (Lipinski definition) is 5.